The van der Waals surface area contributed by atoms with Gasteiger partial charge in [0.05, 0.1) is 16.8 Å². The molecule has 3 amide bonds. The van der Waals surface area contributed by atoms with E-state index >= 15 is 0 Å². The average molecular weight is 379 g/mol. The van der Waals surface area contributed by atoms with Gasteiger partial charge in [0.15, 0.2) is 0 Å². The number of hydrogen-bond acceptors (Lipinski definition) is 4. The molecule has 2 aromatic carbocycles. The van der Waals surface area contributed by atoms with Crippen molar-refractivity contribution in [1.82, 2.24) is 15.2 Å². The minimum atomic E-state index is -1.01. The number of urea groups is 1. The quantitative estimate of drug-likeness (QED) is 0.673. The summed E-state index contributed by atoms with van der Waals surface area (Å²) in [7, 11) is 0. The number of fused-ring (bicyclic) bond motifs is 1. The Hall–Kier alpha value is -2.73. The van der Waals surface area contributed by atoms with E-state index in [0.717, 1.165) is 20.8 Å². The number of nitrogens with zero attached hydrogens (tertiary/aromatic N) is 2. The first-order valence-corrected chi connectivity index (χ1v) is 9.85. The third-order valence-electron chi connectivity index (χ3n) is 4.79. The fourth-order valence-electron chi connectivity index (χ4n) is 3.68. The minimum absolute atomic E-state index is 0.191. The molecule has 1 fully saturated rings. The lowest BCUT2D eigenvalue weighted by Crippen LogP contribution is -2.45. The van der Waals surface area contributed by atoms with E-state index in [-0.39, 0.29) is 24.4 Å². The van der Waals surface area contributed by atoms with Gasteiger partial charge in [-0.05, 0) is 30.0 Å². The molecule has 4 rings (SSSR count). The van der Waals surface area contributed by atoms with Crippen LogP contribution in [0.5, 0.6) is 0 Å². The van der Waals surface area contributed by atoms with E-state index in [4.69, 9.17) is 0 Å². The lowest BCUT2D eigenvalue weighted by molar-refractivity contribution is -0.132. The van der Waals surface area contributed by atoms with E-state index in [0.29, 0.717) is 6.42 Å². The van der Waals surface area contributed by atoms with Crippen LogP contribution in [0.2, 0.25) is 0 Å². The highest BCUT2D eigenvalue weighted by atomic mass is 32.1. The van der Waals surface area contributed by atoms with Crippen molar-refractivity contribution in [2.45, 2.75) is 32.4 Å². The van der Waals surface area contributed by atoms with Crippen LogP contribution in [0.15, 0.2) is 54.6 Å². The van der Waals surface area contributed by atoms with E-state index in [1.165, 1.54) is 16.2 Å². The maximum Gasteiger partial charge on any atom is 0.325 e. The molecule has 5 nitrogen and oxygen atoms in total. The SMILES string of the molecule is CC(C)C[C@]1(c2ccccc2)NC(=O)N(Cc2nc3ccccc3s2)C1=O. The Kier molecular flexibility index (Phi) is 4.44. The number of amides is 3. The van der Waals surface area contributed by atoms with Gasteiger partial charge < -0.3 is 5.32 Å². The maximum absolute atomic E-state index is 13.4. The highest BCUT2D eigenvalue weighted by Gasteiger charge is 2.52. The molecule has 1 atom stereocenters. The monoisotopic (exact) mass is 379 g/mol. The number of carbonyl (C=O) groups is 2. The predicted octanol–water partition coefficient (Wildman–Crippen LogP) is 4.29. The second kappa shape index (κ2) is 6.78. The van der Waals surface area contributed by atoms with Gasteiger partial charge in [-0.15, -0.1) is 11.3 Å². The van der Waals surface area contributed by atoms with E-state index in [1.54, 1.807) is 0 Å². The zero-order valence-corrected chi connectivity index (χ0v) is 16.1. The minimum Gasteiger partial charge on any atom is -0.319 e. The lowest BCUT2D eigenvalue weighted by atomic mass is 9.82. The van der Waals surface area contributed by atoms with Gasteiger partial charge in [-0.2, -0.15) is 0 Å². The van der Waals surface area contributed by atoms with Gasteiger partial charge in [0, 0.05) is 0 Å². The summed E-state index contributed by atoms with van der Waals surface area (Å²) < 4.78 is 1.05. The lowest BCUT2D eigenvalue weighted by Gasteiger charge is -2.29. The standard InChI is InChI=1S/C21H21N3O2S/c1-14(2)12-21(15-8-4-3-5-9-15)19(25)24(20(26)23-21)13-18-22-16-10-6-7-11-17(16)27-18/h3-11,14H,12-13H2,1-2H3,(H,23,26)/t21-/m1/s1. The number of rotatable bonds is 5. The molecule has 138 valence electrons. The van der Waals surface area contributed by atoms with Crippen molar-refractivity contribution in [2.75, 3.05) is 0 Å². The maximum atomic E-state index is 13.4. The summed E-state index contributed by atoms with van der Waals surface area (Å²) in [5, 5.41) is 3.74. The van der Waals surface area contributed by atoms with Crippen molar-refractivity contribution >= 4 is 33.5 Å². The number of aromatic nitrogens is 1. The molecule has 0 radical (unpaired) electrons. The first-order chi connectivity index (χ1) is 13.0. The molecule has 27 heavy (non-hydrogen) atoms. The molecule has 1 aliphatic heterocycles. The van der Waals surface area contributed by atoms with Crippen molar-refractivity contribution < 1.29 is 9.59 Å². The molecule has 0 bridgehead atoms. The Morgan fingerprint density at radius 3 is 2.48 bits per heavy atom. The number of para-hydroxylation sites is 1. The summed E-state index contributed by atoms with van der Waals surface area (Å²) >= 11 is 1.51. The number of benzene rings is 2. The Balaban J connectivity index is 1.68. The van der Waals surface area contributed by atoms with Crippen LogP contribution in [0.4, 0.5) is 4.79 Å². The molecule has 2 heterocycles. The molecule has 0 unspecified atom stereocenters. The Labute approximate surface area is 162 Å². The second-order valence-electron chi connectivity index (χ2n) is 7.27. The smallest absolute Gasteiger partial charge is 0.319 e. The number of thiazole rings is 1. The summed E-state index contributed by atoms with van der Waals surface area (Å²) in [5.74, 6) is 0.0449. The average Bonchev–Trinajstić information content (AvgIpc) is 3.16. The van der Waals surface area contributed by atoms with Gasteiger partial charge in [-0.1, -0.05) is 56.3 Å². The van der Waals surface area contributed by atoms with Crippen molar-refractivity contribution in [3.8, 4) is 0 Å². The third kappa shape index (κ3) is 3.10. The number of nitrogens with one attached hydrogen (secondary N) is 1. The van der Waals surface area contributed by atoms with Crippen molar-refractivity contribution in [2.24, 2.45) is 5.92 Å². The molecule has 1 aliphatic rings. The molecule has 3 aromatic rings. The first-order valence-electron chi connectivity index (χ1n) is 9.04. The summed E-state index contributed by atoms with van der Waals surface area (Å²) in [5.41, 5.74) is 0.702. The van der Waals surface area contributed by atoms with Gasteiger partial charge >= 0.3 is 6.03 Å². The van der Waals surface area contributed by atoms with Crippen molar-refractivity contribution in [3.05, 3.63) is 65.2 Å². The van der Waals surface area contributed by atoms with Crippen LogP contribution >= 0.6 is 11.3 Å². The molecule has 6 heteroatoms. The van der Waals surface area contributed by atoms with E-state index in [2.05, 4.69) is 24.1 Å². The highest BCUT2D eigenvalue weighted by molar-refractivity contribution is 7.18. The third-order valence-corrected chi connectivity index (χ3v) is 5.81. The van der Waals surface area contributed by atoms with Crippen LogP contribution in [0.25, 0.3) is 10.2 Å². The topological polar surface area (TPSA) is 62.3 Å². The summed E-state index contributed by atoms with van der Waals surface area (Å²) in [6, 6.07) is 17.0. The van der Waals surface area contributed by atoms with E-state index < -0.39 is 5.54 Å². The number of hydrogen-bond donors (Lipinski definition) is 1. The van der Waals surface area contributed by atoms with E-state index in [9.17, 15) is 9.59 Å². The van der Waals surface area contributed by atoms with Crippen LogP contribution < -0.4 is 5.32 Å². The van der Waals surface area contributed by atoms with Gasteiger partial charge in [0.25, 0.3) is 5.91 Å². The van der Waals surface area contributed by atoms with Gasteiger partial charge in [-0.3, -0.25) is 9.69 Å². The fraction of sp³-hybridized carbons (Fsp3) is 0.286. The predicted molar refractivity (Wildman–Crippen MR) is 106 cm³/mol. The van der Waals surface area contributed by atoms with Crippen molar-refractivity contribution in [3.63, 3.8) is 0 Å². The number of imide groups is 1. The number of carbonyl (C=O) groups excluding carboxylic acids is 2. The van der Waals surface area contributed by atoms with Crippen LogP contribution in [0.3, 0.4) is 0 Å². The summed E-state index contributed by atoms with van der Waals surface area (Å²) in [6.45, 7) is 4.30. The second-order valence-corrected chi connectivity index (χ2v) is 8.38. The van der Waals surface area contributed by atoms with Gasteiger partial charge in [0.2, 0.25) is 0 Å². The largest absolute Gasteiger partial charge is 0.325 e. The molecular formula is C21H21N3O2S. The van der Waals surface area contributed by atoms with Crippen LogP contribution in [-0.4, -0.2) is 21.8 Å². The molecule has 0 spiro atoms. The molecule has 0 saturated carbocycles. The van der Waals surface area contributed by atoms with E-state index in [1.807, 2.05) is 54.6 Å². The fourth-order valence-corrected chi connectivity index (χ4v) is 4.64. The normalized spacial score (nSPS) is 19.9. The molecule has 1 saturated heterocycles. The van der Waals surface area contributed by atoms with Crippen LogP contribution in [-0.2, 0) is 16.9 Å². The summed E-state index contributed by atoms with van der Waals surface area (Å²) in [4.78, 5) is 32.0. The Morgan fingerprint density at radius 2 is 1.78 bits per heavy atom. The summed E-state index contributed by atoms with van der Waals surface area (Å²) in [6.07, 6.45) is 0.554. The van der Waals surface area contributed by atoms with Crippen LogP contribution in [0.1, 0.15) is 30.8 Å². The van der Waals surface area contributed by atoms with Gasteiger partial charge in [-0.25, -0.2) is 9.78 Å². The Morgan fingerprint density at radius 1 is 1.07 bits per heavy atom. The zero-order valence-electron chi connectivity index (χ0n) is 15.3. The molecule has 1 aromatic heterocycles. The molecule has 0 aliphatic carbocycles. The van der Waals surface area contributed by atoms with Crippen molar-refractivity contribution in [1.29, 1.82) is 0 Å². The van der Waals surface area contributed by atoms with Gasteiger partial charge in [0.1, 0.15) is 10.5 Å². The molecule has 1 N–H and O–H groups in total. The van der Waals surface area contributed by atoms with Crippen LogP contribution in [0, 0.1) is 5.92 Å². The first kappa shape index (κ1) is 17.7. The highest BCUT2D eigenvalue weighted by Crippen LogP contribution is 2.36. The molecular weight excluding hydrogens is 358 g/mol. The Bertz CT molecular complexity index is 966. The zero-order chi connectivity index (χ0) is 19.0.